The maximum atomic E-state index is 6.16. The Bertz CT molecular complexity index is 564. The largest absolute Gasteiger partial charge is 0.236 e. The SMILES string of the molecule is Cc1nn(-c2cc(Br)ccc2CCl)c(C)c1Cl. The van der Waals surface area contributed by atoms with Crippen LogP contribution in [0.25, 0.3) is 5.69 Å². The van der Waals surface area contributed by atoms with E-state index in [9.17, 15) is 0 Å². The van der Waals surface area contributed by atoms with E-state index >= 15 is 0 Å². The van der Waals surface area contributed by atoms with Gasteiger partial charge in [0.15, 0.2) is 0 Å². The van der Waals surface area contributed by atoms with Crippen LogP contribution in [0.1, 0.15) is 17.0 Å². The van der Waals surface area contributed by atoms with Crippen LogP contribution in [0.15, 0.2) is 22.7 Å². The van der Waals surface area contributed by atoms with E-state index in [2.05, 4.69) is 21.0 Å². The van der Waals surface area contributed by atoms with Crippen molar-refractivity contribution >= 4 is 39.1 Å². The minimum atomic E-state index is 0.443. The van der Waals surface area contributed by atoms with Crippen LogP contribution in [0.2, 0.25) is 5.02 Å². The van der Waals surface area contributed by atoms with Crippen LogP contribution in [0.3, 0.4) is 0 Å². The van der Waals surface area contributed by atoms with E-state index in [1.807, 2.05) is 36.7 Å². The molecule has 5 heteroatoms. The molecule has 0 unspecified atom stereocenters. The monoisotopic (exact) mass is 332 g/mol. The Kier molecular flexibility index (Phi) is 3.81. The number of aryl methyl sites for hydroxylation is 1. The van der Waals surface area contributed by atoms with Gasteiger partial charge < -0.3 is 0 Å². The van der Waals surface area contributed by atoms with Gasteiger partial charge in [0.25, 0.3) is 0 Å². The molecular formula is C12H11BrCl2N2. The van der Waals surface area contributed by atoms with Gasteiger partial charge in [0.2, 0.25) is 0 Å². The number of halogens is 3. The predicted molar refractivity (Wildman–Crippen MR) is 75.3 cm³/mol. The molecule has 0 radical (unpaired) electrons. The highest BCUT2D eigenvalue weighted by atomic mass is 79.9. The van der Waals surface area contributed by atoms with Crippen LogP contribution in [0, 0.1) is 13.8 Å². The summed E-state index contributed by atoms with van der Waals surface area (Å²) in [6, 6.07) is 5.94. The topological polar surface area (TPSA) is 17.8 Å². The molecule has 17 heavy (non-hydrogen) atoms. The van der Waals surface area contributed by atoms with Crippen molar-refractivity contribution in [2.24, 2.45) is 0 Å². The van der Waals surface area contributed by atoms with Gasteiger partial charge in [0, 0.05) is 10.4 Å². The molecule has 0 saturated heterocycles. The normalized spacial score (nSPS) is 10.9. The highest BCUT2D eigenvalue weighted by Crippen LogP contribution is 2.27. The van der Waals surface area contributed by atoms with Crippen molar-refractivity contribution in [1.29, 1.82) is 0 Å². The van der Waals surface area contributed by atoms with Crippen molar-refractivity contribution < 1.29 is 0 Å². The van der Waals surface area contributed by atoms with E-state index in [4.69, 9.17) is 23.2 Å². The van der Waals surface area contributed by atoms with Gasteiger partial charge in [-0.15, -0.1) is 11.6 Å². The van der Waals surface area contributed by atoms with E-state index in [1.54, 1.807) is 0 Å². The highest BCUT2D eigenvalue weighted by molar-refractivity contribution is 9.10. The lowest BCUT2D eigenvalue weighted by molar-refractivity contribution is 0.825. The van der Waals surface area contributed by atoms with E-state index in [0.717, 1.165) is 27.1 Å². The zero-order chi connectivity index (χ0) is 12.6. The molecule has 0 fully saturated rings. The molecule has 0 N–H and O–H groups in total. The standard InChI is InChI=1S/C12H11BrCl2N2/c1-7-12(15)8(2)17(16-7)11-5-10(13)4-3-9(11)6-14/h3-5H,6H2,1-2H3. The summed E-state index contributed by atoms with van der Waals surface area (Å²) in [7, 11) is 0. The molecule has 2 rings (SSSR count). The molecule has 1 aromatic carbocycles. The molecule has 0 aliphatic carbocycles. The van der Waals surface area contributed by atoms with Crippen LogP contribution in [0.4, 0.5) is 0 Å². The number of benzene rings is 1. The average molecular weight is 334 g/mol. The van der Waals surface area contributed by atoms with Crippen LogP contribution >= 0.6 is 39.1 Å². The smallest absolute Gasteiger partial charge is 0.0848 e. The zero-order valence-electron chi connectivity index (χ0n) is 9.47. The summed E-state index contributed by atoms with van der Waals surface area (Å²) < 4.78 is 2.82. The fourth-order valence-corrected chi connectivity index (χ4v) is 2.40. The van der Waals surface area contributed by atoms with Crippen molar-refractivity contribution in [1.82, 2.24) is 9.78 Å². The number of nitrogens with zero attached hydrogens (tertiary/aromatic N) is 2. The summed E-state index contributed by atoms with van der Waals surface area (Å²) in [5.74, 6) is 0.443. The fourth-order valence-electron chi connectivity index (χ4n) is 1.71. The molecular weight excluding hydrogens is 323 g/mol. The molecule has 0 saturated carbocycles. The van der Waals surface area contributed by atoms with Gasteiger partial charge in [0.1, 0.15) is 0 Å². The third kappa shape index (κ3) is 2.37. The number of hydrogen-bond donors (Lipinski definition) is 0. The minimum absolute atomic E-state index is 0.443. The Balaban J connectivity index is 2.67. The fraction of sp³-hybridized carbons (Fsp3) is 0.250. The lowest BCUT2D eigenvalue weighted by atomic mass is 10.2. The van der Waals surface area contributed by atoms with Gasteiger partial charge in [-0.2, -0.15) is 5.10 Å². The Morgan fingerprint density at radius 3 is 2.59 bits per heavy atom. The Morgan fingerprint density at radius 1 is 1.35 bits per heavy atom. The van der Waals surface area contributed by atoms with Gasteiger partial charge in [-0.1, -0.05) is 33.6 Å². The molecule has 0 bridgehead atoms. The maximum absolute atomic E-state index is 6.16. The third-order valence-corrected chi connectivity index (χ3v) is 3.95. The third-order valence-electron chi connectivity index (χ3n) is 2.62. The Hall–Kier alpha value is -0.510. The maximum Gasteiger partial charge on any atom is 0.0848 e. The van der Waals surface area contributed by atoms with Crippen molar-refractivity contribution in [3.05, 3.63) is 44.6 Å². The highest BCUT2D eigenvalue weighted by Gasteiger charge is 2.13. The summed E-state index contributed by atoms with van der Waals surface area (Å²) >= 11 is 15.6. The number of alkyl halides is 1. The second-order valence-corrected chi connectivity index (χ2v) is 5.36. The lowest BCUT2D eigenvalue weighted by Gasteiger charge is -2.09. The van der Waals surface area contributed by atoms with Crippen molar-refractivity contribution in [2.75, 3.05) is 0 Å². The van der Waals surface area contributed by atoms with Gasteiger partial charge in [-0.05, 0) is 31.5 Å². The summed E-state index contributed by atoms with van der Waals surface area (Å²) in [5.41, 5.74) is 3.73. The first kappa shape index (κ1) is 12.9. The number of hydrogen-bond acceptors (Lipinski definition) is 1. The summed E-state index contributed by atoms with van der Waals surface area (Å²) in [6.07, 6.45) is 0. The molecule has 2 aromatic rings. The molecule has 0 aliphatic heterocycles. The van der Waals surface area contributed by atoms with E-state index in [0.29, 0.717) is 10.9 Å². The van der Waals surface area contributed by atoms with E-state index < -0.39 is 0 Å². The van der Waals surface area contributed by atoms with Crippen LogP contribution in [-0.2, 0) is 5.88 Å². The Morgan fingerprint density at radius 2 is 2.06 bits per heavy atom. The molecule has 2 nitrogen and oxygen atoms in total. The van der Waals surface area contributed by atoms with Crippen LogP contribution in [-0.4, -0.2) is 9.78 Å². The first-order chi connectivity index (χ1) is 8.04. The van der Waals surface area contributed by atoms with Gasteiger partial charge >= 0.3 is 0 Å². The summed E-state index contributed by atoms with van der Waals surface area (Å²) in [4.78, 5) is 0. The molecule has 1 aromatic heterocycles. The molecule has 1 heterocycles. The second-order valence-electron chi connectivity index (χ2n) is 3.80. The van der Waals surface area contributed by atoms with E-state index in [1.165, 1.54) is 0 Å². The first-order valence-corrected chi connectivity index (χ1v) is 6.81. The summed E-state index contributed by atoms with van der Waals surface area (Å²) in [5, 5.41) is 5.13. The number of aromatic nitrogens is 2. The minimum Gasteiger partial charge on any atom is -0.236 e. The van der Waals surface area contributed by atoms with Gasteiger partial charge in [-0.3, -0.25) is 0 Å². The second kappa shape index (κ2) is 5.01. The molecule has 0 amide bonds. The van der Waals surface area contributed by atoms with Crippen molar-refractivity contribution in [3.63, 3.8) is 0 Å². The van der Waals surface area contributed by atoms with Crippen LogP contribution < -0.4 is 0 Å². The molecule has 90 valence electrons. The predicted octanol–water partition coefficient (Wildman–Crippen LogP) is 4.64. The van der Waals surface area contributed by atoms with Gasteiger partial charge in [0.05, 0.1) is 22.1 Å². The van der Waals surface area contributed by atoms with Crippen molar-refractivity contribution in [3.8, 4) is 5.69 Å². The zero-order valence-corrected chi connectivity index (χ0v) is 12.6. The Labute approximate surface area is 119 Å². The quantitative estimate of drug-likeness (QED) is 0.732. The van der Waals surface area contributed by atoms with Crippen LogP contribution in [0.5, 0.6) is 0 Å². The molecule has 0 atom stereocenters. The molecule has 0 spiro atoms. The van der Waals surface area contributed by atoms with E-state index in [-0.39, 0.29) is 0 Å². The lowest BCUT2D eigenvalue weighted by Crippen LogP contribution is -2.02. The molecule has 0 aliphatic rings. The van der Waals surface area contributed by atoms with Gasteiger partial charge in [-0.25, -0.2) is 4.68 Å². The number of rotatable bonds is 2. The van der Waals surface area contributed by atoms with Crippen molar-refractivity contribution in [2.45, 2.75) is 19.7 Å². The first-order valence-electron chi connectivity index (χ1n) is 5.11. The average Bonchev–Trinajstić information content (AvgIpc) is 2.57. The summed E-state index contributed by atoms with van der Waals surface area (Å²) in [6.45, 7) is 3.84.